The van der Waals surface area contributed by atoms with Gasteiger partial charge in [0.15, 0.2) is 0 Å². The summed E-state index contributed by atoms with van der Waals surface area (Å²) in [6.07, 6.45) is 2.60. The standard InChI is InChI=1S/C21H21Cl2N3O/c1-14(16-5-3-2-4-6-16)26(12-15-7-8-15)13-20-24-25-21(27-20)18-10-9-17(22)11-19(18)23/h2-6,9-11,14-15H,7-8,12-13H2,1H3/t14-/m1/s1. The van der Waals surface area contributed by atoms with Crippen molar-refractivity contribution >= 4 is 23.2 Å². The van der Waals surface area contributed by atoms with Crippen molar-refractivity contribution in [1.29, 1.82) is 0 Å². The van der Waals surface area contributed by atoms with Crippen molar-refractivity contribution < 1.29 is 4.42 Å². The fourth-order valence-corrected chi connectivity index (χ4v) is 3.69. The Labute approximate surface area is 169 Å². The van der Waals surface area contributed by atoms with Crippen molar-refractivity contribution in [1.82, 2.24) is 15.1 Å². The molecule has 27 heavy (non-hydrogen) atoms. The molecule has 1 saturated carbocycles. The fraction of sp³-hybridized carbons (Fsp3) is 0.333. The third-order valence-corrected chi connectivity index (χ3v) is 5.53. The number of halogens is 2. The summed E-state index contributed by atoms with van der Waals surface area (Å²) in [4.78, 5) is 2.41. The first-order chi connectivity index (χ1) is 13.1. The zero-order valence-corrected chi connectivity index (χ0v) is 16.6. The lowest BCUT2D eigenvalue weighted by Gasteiger charge is -2.28. The first-order valence-corrected chi connectivity index (χ1v) is 9.92. The molecule has 1 aliphatic rings. The number of nitrogens with zero attached hydrogens (tertiary/aromatic N) is 3. The minimum atomic E-state index is 0.279. The molecule has 0 N–H and O–H groups in total. The summed E-state index contributed by atoms with van der Waals surface area (Å²) in [5.41, 5.74) is 1.99. The minimum absolute atomic E-state index is 0.279. The molecule has 4 nitrogen and oxygen atoms in total. The van der Waals surface area contributed by atoms with Crippen molar-refractivity contribution in [2.75, 3.05) is 6.54 Å². The monoisotopic (exact) mass is 401 g/mol. The van der Waals surface area contributed by atoms with Crippen LogP contribution in [-0.4, -0.2) is 21.6 Å². The van der Waals surface area contributed by atoms with E-state index >= 15 is 0 Å². The molecule has 4 rings (SSSR count). The second-order valence-corrected chi connectivity index (χ2v) is 7.93. The predicted molar refractivity (Wildman–Crippen MR) is 108 cm³/mol. The van der Waals surface area contributed by atoms with Gasteiger partial charge in [0.25, 0.3) is 0 Å². The molecular weight excluding hydrogens is 381 g/mol. The van der Waals surface area contributed by atoms with Crippen molar-refractivity contribution in [3.63, 3.8) is 0 Å². The van der Waals surface area contributed by atoms with E-state index in [9.17, 15) is 0 Å². The molecule has 6 heteroatoms. The summed E-state index contributed by atoms with van der Waals surface area (Å²) in [7, 11) is 0. The van der Waals surface area contributed by atoms with Crippen LogP contribution in [0.4, 0.5) is 0 Å². The number of rotatable bonds is 7. The smallest absolute Gasteiger partial charge is 0.249 e. The molecule has 3 aromatic rings. The predicted octanol–water partition coefficient (Wildman–Crippen LogP) is 6.02. The van der Waals surface area contributed by atoms with Gasteiger partial charge in [-0.1, -0.05) is 53.5 Å². The van der Waals surface area contributed by atoms with Gasteiger partial charge in [0.1, 0.15) is 0 Å². The molecule has 1 fully saturated rings. The highest BCUT2D eigenvalue weighted by molar-refractivity contribution is 6.36. The van der Waals surface area contributed by atoms with Gasteiger partial charge in [-0.3, -0.25) is 4.90 Å². The van der Waals surface area contributed by atoms with Crippen LogP contribution in [0.3, 0.4) is 0 Å². The van der Waals surface area contributed by atoms with Crippen LogP contribution in [0.15, 0.2) is 52.9 Å². The Balaban J connectivity index is 1.54. The fourth-order valence-electron chi connectivity index (χ4n) is 3.20. The van der Waals surface area contributed by atoms with Crippen molar-refractivity contribution in [2.45, 2.75) is 32.4 Å². The summed E-state index contributed by atoms with van der Waals surface area (Å²) in [6.45, 7) is 3.88. The van der Waals surface area contributed by atoms with Crippen LogP contribution in [0.25, 0.3) is 11.5 Å². The molecule has 1 aromatic heterocycles. The van der Waals surface area contributed by atoms with Gasteiger partial charge in [-0.25, -0.2) is 0 Å². The zero-order chi connectivity index (χ0) is 18.8. The molecule has 0 aliphatic heterocycles. The Morgan fingerprint density at radius 1 is 1.11 bits per heavy atom. The molecule has 1 aliphatic carbocycles. The van der Waals surface area contributed by atoms with Crippen LogP contribution in [-0.2, 0) is 6.54 Å². The third-order valence-electron chi connectivity index (χ3n) is 4.99. The van der Waals surface area contributed by atoms with E-state index in [-0.39, 0.29) is 6.04 Å². The lowest BCUT2D eigenvalue weighted by molar-refractivity contribution is 0.175. The quantitative estimate of drug-likeness (QED) is 0.485. The molecule has 2 aromatic carbocycles. The normalized spacial score (nSPS) is 15.3. The highest BCUT2D eigenvalue weighted by atomic mass is 35.5. The van der Waals surface area contributed by atoms with Gasteiger partial charge in [0, 0.05) is 17.6 Å². The van der Waals surface area contributed by atoms with Crippen molar-refractivity contribution in [2.24, 2.45) is 5.92 Å². The summed E-state index contributed by atoms with van der Waals surface area (Å²) in [5.74, 6) is 1.79. The van der Waals surface area contributed by atoms with E-state index in [0.29, 0.717) is 33.9 Å². The van der Waals surface area contributed by atoms with Crippen molar-refractivity contribution in [3.05, 3.63) is 70.0 Å². The van der Waals surface area contributed by atoms with Crippen molar-refractivity contribution in [3.8, 4) is 11.5 Å². The topological polar surface area (TPSA) is 42.2 Å². The molecule has 1 heterocycles. The van der Waals surface area contributed by atoms with Crippen LogP contribution in [0, 0.1) is 5.92 Å². The Hall–Kier alpha value is -1.88. The van der Waals surface area contributed by atoms with E-state index in [0.717, 1.165) is 12.5 Å². The summed E-state index contributed by atoms with van der Waals surface area (Å²) < 4.78 is 5.92. The average molecular weight is 402 g/mol. The van der Waals surface area contributed by atoms with Gasteiger partial charge in [0.2, 0.25) is 11.8 Å². The largest absolute Gasteiger partial charge is 0.419 e. The lowest BCUT2D eigenvalue weighted by atomic mass is 10.1. The molecule has 0 unspecified atom stereocenters. The Bertz CT molecular complexity index is 909. The molecule has 0 radical (unpaired) electrons. The van der Waals surface area contributed by atoms with Crippen LogP contribution in [0.1, 0.15) is 37.3 Å². The maximum absolute atomic E-state index is 6.26. The van der Waals surface area contributed by atoms with Gasteiger partial charge in [-0.05, 0) is 49.4 Å². The minimum Gasteiger partial charge on any atom is -0.419 e. The average Bonchev–Trinajstić information content (AvgIpc) is 3.37. The molecule has 0 spiro atoms. The molecule has 0 saturated heterocycles. The number of hydrogen-bond donors (Lipinski definition) is 0. The maximum atomic E-state index is 6.26. The molecule has 1 atom stereocenters. The SMILES string of the molecule is C[C@H](c1ccccc1)N(Cc1nnc(-c2ccc(Cl)cc2Cl)o1)CC1CC1. The van der Waals surface area contributed by atoms with Crippen LogP contribution in [0.2, 0.25) is 10.0 Å². The molecule has 140 valence electrons. The summed E-state index contributed by atoms with van der Waals surface area (Å²) >= 11 is 12.2. The molecular formula is C21H21Cl2N3O. The first-order valence-electron chi connectivity index (χ1n) is 9.17. The van der Waals surface area contributed by atoms with E-state index in [2.05, 4.69) is 46.3 Å². The maximum Gasteiger partial charge on any atom is 0.249 e. The van der Waals surface area contributed by atoms with E-state index in [1.165, 1.54) is 18.4 Å². The van der Waals surface area contributed by atoms with E-state index < -0.39 is 0 Å². The van der Waals surface area contributed by atoms with E-state index in [4.69, 9.17) is 27.6 Å². The van der Waals surface area contributed by atoms with Gasteiger partial charge < -0.3 is 4.42 Å². The lowest BCUT2D eigenvalue weighted by Crippen LogP contribution is -2.29. The second-order valence-electron chi connectivity index (χ2n) is 7.08. The highest BCUT2D eigenvalue weighted by Gasteiger charge is 2.28. The summed E-state index contributed by atoms with van der Waals surface area (Å²) in [5, 5.41) is 9.52. The van der Waals surface area contributed by atoms with Crippen LogP contribution >= 0.6 is 23.2 Å². The first kappa shape index (κ1) is 18.5. The van der Waals surface area contributed by atoms with Gasteiger partial charge in [-0.15, -0.1) is 10.2 Å². The summed E-state index contributed by atoms with van der Waals surface area (Å²) in [6, 6.07) is 16.1. The Morgan fingerprint density at radius 2 is 1.89 bits per heavy atom. The van der Waals surface area contributed by atoms with E-state index in [1.807, 2.05) is 6.07 Å². The second kappa shape index (κ2) is 8.01. The highest BCUT2D eigenvalue weighted by Crippen LogP contribution is 2.34. The van der Waals surface area contributed by atoms with Gasteiger partial charge in [0.05, 0.1) is 17.1 Å². The molecule has 0 amide bonds. The molecule has 0 bridgehead atoms. The zero-order valence-electron chi connectivity index (χ0n) is 15.1. The number of aromatic nitrogens is 2. The number of benzene rings is 2. The number of hydrogen-bond acceptors (Lipinski definition) is 4. The van der Waals surface area contributed by atoms with E-state index in [1.54, 1.807) is 18.2 Å². The van der Waals surface area contributed by atoms with Crippen LogP contribution < -0.4 is 0 Å². The Morgan fingerprint density at radius 3 is 2.59 bits per heavy atom. The third kappa shape index (κ3) is 4.52. The van der Waals surface area contributed by atoms with Crippen LogP contribution in [0.5, 0.6) is 0 Å². The Kier molecular flexibility index (Phi) is 5.48. The van der Waals surface area contributed by atoms with Gasteiger partial charge >= 0.3 is 0 Å². The van der Waals surface area contributed by atoms with Gasteiger partial charge in [-0.2, -0.15) is 0 Å².